The molecule has 0 saturated carbocycles. The van der Waals surface area contributed by atoms with E-state index in [0.717, 1.165) is 6.07 Å². The molecular formula is C11H8F2N2. The van der Waals surface area contributed by atoms with Crippen molar-refractivity contribution in [2.75, 3.05) is 5.73 Å². The minimum atomic E-state index is -0.756. The zero-order valence-electron chi connectivity index (χ0n) is 7.74. The molecule has 76 valence electrons. The quantitative estimate of drug-likeness (QED) is 0.728. The first-order valence-corrected chi connectivity index (χ1v) is 4.33. The van der Waals surface area contributed by atoms with Crippen LogP contribution in [-0.2, 0) is 0 Å². The van der Waals surface area contributed by atoms with Crippen LogP contribution in [0.2, 0.25) is 0 Å². The van der Waals surface area contributed by atoms with Crippen molar-refractivity contribution in [2.45, 2.75) is 0 Å². The van der Waals surface area contributed by atoms with Gasteiger partial charge in [-0.05, 0) is 12.1 Å². The Morgan fingerprint density at radius 2 is 2.00 bits per heavy atom. The van der Waals surface area contributed by atoms with Crippen LogP contribution in [0.4, 0.5) is 14.5 Å². The molecule has 4 heteroatoms. The molecule has 1 aromatic heterocycles. The topological polar surface area (TPSA) is 38.9 Å². The first kappa shape index (κ1) is 9.58. The number of aromatic nitrogens is 1. The molecule has 2 rings (SSSR count). The summed E-state index contributed by atoms with van der Waals surface area (Å²) in [5.41, 5.74) is 6.36. The third kappa shape index (κ3) is 1.79. The predicted molar refractivity (Wildman–Crippen MR) is 54.0 cm³/mol. The van der Waals surface area contributed by atoms with Crippen LogP contribution >= 0.6 is 0 Å². The van der Waals surface area contributed by atoms with Gasteiger partial charge in [-0.25, -0.2) is 8.78 Å². The summed E-state index contributed by atoms with van der Waals surface area (Å²) in [6.45, 7) is 0. The third-order valence-electron chi connectivity index (χ3n) is 2.07. The molecule has 2 aromatic rings. The van der Waals surface area contributed by atoms with Crippen molar-refractivity contribution in [1.29, 1.82) is 0 Å². The Morgan fingerprint density at radius 1 is 1.20 bits per heavy atom. The van der Waals surface area contributed by atoms with Crippen molar-refractivity contribution in [3.8, 4) is 11.1 Å². The Morgan fingerprint density at radius 3 is 2.67 bits per heavy atom. The Kier molecular flexibility index (Phi) is 2.33. The van der Waals surface area contributed by atoms with E-state index in [0.29, 0.717) is 11.1 Å². The maximum absolute atomic E-state index is 13.1. The molecule has 15 heavy (non-hydrogen) atoms. The lowest BCUT2D eigenvalue weighted by atomic mass is 10.1. The molecule has 2 N–H and O–H groups in total. The Labute approximate surface area is 85.4 Å². The fourth-order valence-electron chi connectivity index (χ4n) is 1.35. The van der Waals surface area contributed by atoms with Gasteiger partial charge in [0, 0.05) is 29.6 Å². The minimum Gasteiger partial charge on any atom is -0.396 e. The maximum atomic E-state index is 13.1. The molecule has 1 aromatic carbocycles. The molecule has 0 aliphatic heterocycles. The van der Waals surface area contributed by atoms with Gasteiger partial charge in [-0.2, -0.15) is 0 Å². The van der Waals surface area contributed by atoms with Crippen LogP contribution in [0.1, 0.15) is 0 Å². The van der Waals surface area contributed by atoms with Crippen molar-refractivity contribution in [1.82, 2.24) is 4.98 Å². The summed E-state index contributed by atoms with van der Waals surface area (Å²) in [5, 5.41) is 0. The maximum Gasteiger partial charge on any atom is 0.149 e. The highest BCUT2D eigenvalue weighted by Gasteiger charge is 2.09. The van der Waals surface area contributed by atoms with Crippen LogP contribution < -0.4 is 5.73 Å². The van der Waals surface area contributed by atoms with Crippen LogP contribution in [0.3, 0.4) is 0 Å². The number of hydrogen-bond donors (Lipinski definition) is 1. The zero-order chi connectivity index (χ0) is 10.8. The van der Waals surface area contributed by atoms with Gasteiger partial charge < -0.3 is 5.73 Å². The molecule has 0 saturated heterocycles. The van der Waals surface area contributed by atoms with E-state index in [2.05, 4.69) is 4.98 Å². The molecule has 0 aliphatic rings. The smallest absolute Gasteiger partial charge is 0.149 e. The van der Waals surface area contributed by atoms with Crippen LogP contribution in [0, 0.1) is 11.6 Å². The van der Waals surface area contributed by atoms with Gasteiger partial charge in [0.15, 0.2) is 0 Å². The van der Waals surface area contributed by atoms with Gasteiger partial charge in [-0.15, -0.1) is 0 Å². The van der Waals surface area contributed by atoms with Crippen LogP contribution in [0.5, 0.6) is 0 Å². The van der Waals surface area contributed by atoms with Crippen molar-refractivity contribution in [2.24, 2.45) is 0 Å². The fraction of sp³-hybridized carbons (Fsp3) is 0. The lowest BCUT2D eigenvalue weighted by Gasteiger charge is -2.06. The van der Waals surface area contributed by atoms with Crippen LogP contribution in [-0.4, -0.2) is 4.98 Å². The Hall–Kier alpha value is -1.97. The molecule has 0 atom stereocenters. The third-order valence-corrected chi connectivity index (χ3v) is 2.07. The number of nitrogens with zero attached hydrogens (tertiary/aromatic N) is 1. The van der Waals surface area contributed by atoms with E-state index in [-0.39, 0.29) is 5.69 Å². The molecule has 0 fully saturated rings. The summed E-state index contributed by atoms with van der Waals surface area (Å²) < 4.78 is 26.1. The van der Waals surface area contributed by atoms with Gasteiger partial charge in [0.1, 0.15) is 11.6 Å². The number of rotatable bonds is 1. The van der Waals surface area contributed by atoms with E-state index in [1.165, 1.54) is 12.3 Å². The highest BCUT2D eigenvalue weighted by molar-refractivity contribution is 5.76. The minimum absolute atomic E-state index is 0.0654. The molecular weight excluding hydrogens is 198 g/mol. The number of anilines is 1. The molecule has 0 radical (unpaired) electrons. The molecule has 0 amide bonds. The van der Waals surface area contributed by atoms with Gasteiger partial charge in [-0.1, -0.05) is 6.07 Å². The highest BCUT2D eigenvalue weighted by atomic mass is 19.1. The summed E-state index contributed by atoms with van der Waals surface area (Å²) in [5.74, 6) is -1.41. The van der Waals surface area contributed by atoms with E-state index in [4.69, 9.17) is 5.73 Å². The summed E-state index contributed by atoms with van der Waals surface area (Å²) in [4.78, 5) is 3.86. The summed E-state index contributed by atoms with van der Waals surface area (Å²) in [6.07, 6.45) is 3.08. The molecule has 0 aliphatic carbocycles. The SMILES string of the molecule is Nc1c(F)cc(F)cc1-c1cccnc1. The lowest BCUT2D eigenvalue weighted by Crippen LogP contribution is -1.96. The lowest BCUT2D eigenvalue weighted by molar-refractivity contribution is 0.587. The van der Waals surface area contributed by atoms with E-state index >= 15 is 0 Å². The average molecular weight is 206 g/mol. The summed E-state index contributed by atoms with van der Waals surface area (Å²) in [6, 6.07) is 5.32. The normalized spacial score (nSPS) is 10.3. The van der Waals surface area contributed by atoms with E-state index in [1.54, 1.807) is 18.3 Å². The van der Waals surface area contributed by atoms with Gasteiger partial charge >= 0.3 is 0 Å². The van der Waals surface area contributed by atoms with Crippen molar-refractivity contribution in [3.05, 3.63) is 48.3 Å². The first-order chi connectivity index (χ1) is 7.18. The number of hydrogen-bond acceptors (Lipinski definition) is 2. The van der Waals surface area contributed by atoms with Crippen molar-refractivity contribution in [3.63, 3.8) is 0 Å². The van der Waals surface area contributed by atoms with Gasteiger partial charge in [0.05, 0.1) is 5.69 Å². The predicted octanol–water partition coefficient (Wildman–Crippen LogP) is 2.61. The second-order valence-electron chi connectivity index (χ2n) is 3.09. The fourth-order valence-corrected chi connectivity index (χ4v) is 1.35. The standard InChI is InChI=1S/C11H8F2N2/c12-8-4-9(11(14)10(13)5-8)7-2-1-3-15-6-7/h1-6H,14H2. The molecule has 0 unspecified atom stereocenters. The second kappa shape index (κ2) is 3.65. The van der Waals surface area contributed by atoms with Crippen LogP contribution in [0.15, 0.2) is 36.7 Å². The Bertz CT molecular complexity index is 483. The van der Waals surface area contributed by atoms with Crippen molar-refractivity contribution >= 4 is 5.69 Å². The van der Waals surface area contributed by atoms with E-state index in [9.17, 15) is 8.78 Å². The zero-order valence-corrected chi connectivity index (χ0v) is 7.74. The number of benzene rings is 1. The largest absolute Gasteiger partial charge is 0.396 e. The molecule has 2 nitrogen and oxygen atoms in total. The van der Waals surface area contributed by atoms with Gasteiger partial charge in [0.25, 0.3) is 0 Å². The Balaban J connectivity index is 2.63. The monoisotopic (exact) mass is 206 g/mol. The van der Waals surface area contributed by atoms with E-state index in [1.807, 2.05) is 0 Å². The van der Waals surface area contributed by atoms with Crippen LogP contribution in [0.25, 0.3) is 11.1 Å². The number of nitrogen functional groups attached to an aromatic ring is 1. The number of pyridine rings is 1. The highest BCUT2D eigenvalue weighted by Crippen LogP contribution is 2.28. The van der Waals surface area contributed by atoms with Gasteiger partial charge in [-0.3, -0.25) is 4.98 Å². The molecule has 0 spiro atoms. The first-order valence-electron chi connectivity index (χ1n) is 4.33. The van der Waals surface area contributed by atoms with Gasteiger partial charge in [0.2, 0.25) is 0 Å². The summed E-state index contributed by atoms with van der Waals surface area (Å²) in [7, 11) is 0. The molecule has 0 bridgehead atoms. The average Bonchev–Trinajstić information content (AvgIpc) is 2.24. The number of nitrogens with two attached hydrogens (primary N) is 1. The molecule has 1 heterocycles. The number of halogens is 2. The summed E-state index contributed by atoms with van der Waals surface area (Å²) >= 11 is 0. The second-order valence-corrected chi connectivity index (χ2v) is 3.09. The van der Waals surface area contributed by atoms with E-state index < -0.39 is 11.6 Å². The van der Waals surface area contributed by atoms with Crippen molar-refractivity contribution < 1.29 is 8.78 Å².